The fraction of sp³-hybridized carbons (Fsp3) is 0.707. The van der Waals surface area contributed by atoms with Gasteiger partial charge >= 0.3 is 6.09 Å². The van der Waals surface area contributed by atoms with Crippen molar-refractivity contribution in [3.63, 3.8) is 0 Å². The smallest absolute Gasteiger partial charge is 0.407 e. The maximum absolute atomic E-state index is 13.3. The van der Waals surface area contributed by atoms with E-state index in [0.29, 0.717) is 144 Å². The van der Waals surface area contributed by atoms with Crippen molar-refractivity contribution in [1.29, 1.82) is 0 Å². The second-order valence-corrected chi connectivity index (χ2v) is 21.6. The van der Waals surface area contributed by atoms with E-state index >= 15 is 0 Å². The molecular weight excluding hydrogens is 1010 g/mol. The fourth-order valence-electron chi connectivity index (χ4n) is 7.27. The molecule has 21 heteroatoms. The third-order valence-corrected chi connectivity index (χ3v) is 11.7. The third kappa shape index (κ3) is 34.3. The van der Waals surface area contributed by atoms with Crippen LogP contribution in [-0.2, 0) is 4.74 Å². The third-order valence-electron chi connectivity index (χ3n) is 11.7. The van der Waals surface area contributed by atoms with Gasteiger partial charge in [0.15, 0.2) is 0 Å². The molecule has 0 spiro atoms. The Balaban J connectivity index is 0.000000803. The molecular formula is C58H105N11O10. The molecule has 79 heavy (non-hydrogen) atoms. The highest BCUT2D eigenvalue weighted by Gasteiger charge is 2.24. The highest BCUT2D eigenvalue weighted by molar-refractivity contribution is 6.04. The van der Waals surface area contributed by atoms with Gasteiger partial charge in [0.05, 0.1) is 48.7 Å². The lowest BCUT2D eigenvalue weighted by Crippen LogP contribution is -2.33. The summed E-state index contributed by atoms with van der Waals surface area (Å²) in [6.07, 6.45) is 11.4. The van der Waals surface area contributed by atoms with E-state index in [-0.39, 0.29) is 23.6 Å². The van der Waals surface area contributed by atoms with Crippen LogP contribution in [0.2, 0.25) is 0 Å². The predicted molar refractivity (Wildman–Crippen MR) is 316 cm³/mol. The van der Waals surface area contributed by atoms with Crippen LogP contribution in [0.4, 0.5) is 4.79 Å². The van der Waals surface area contributed by atoms with E-state index in [1.807, 2.05) is 96.8 Å². The quantitative estimate of drug-likeness (QED) is 0.0401. The summed E-state index contributed by atoms with van der Waals surface area (Å²) in [4.78, 5) is 72.4. The average molecular weight is 1120 g/mol. The Morgan fingerprint density at radius 1 is 0.405 bits per heavy atom. The Morgan fingerprint density at radius 2 is 0.696 bits per heavy atom. The summed E-state index contributed by atoms with van der Waals surface area (Å²) in [7, 11) is 15.5. The molecule has 0 saturated carbocycles. The number of likely N-dealkylation sites (N-methyl/N-ethyl adjacent to an activating group) is 4. The van der Waals surface area contributed by atoms with Crippen molar-refractivity contribution in [3.8, 4) is 23.0 Å². The van der Waals surface area contributed by atoms with Crippen molar-refractivity contribution in [2.45, 2.75) is 117 Å². The normalized spacial score (nSPS) is 11.3. The van der Waals surface area contributed by atoms with Gasteiger partial charge in [0, 0.05) is 71.0 Å². The fourth-order valence-corrected chi connectivity index (χ4v) is 7.27. The predicted octanol–water partition coefficient (Wildman–Crippen LogP) is 5.59. The lowest BCUT2D eigenvalue weighted by atomic mass is 10.1. The number of amides is 5. The number of alkyl carbamates (subject to hydrolysis) is 1. The first-order valence-electron chi connectivity index (χ1n) is 28.6. The zero-order valence-electron chi connectivity index (χ0n) is 50.6. The molecule has 5 amide bonds. The summed E-state index contributed by atoms with van der Waals surface area (Å²) in [5, 5.41) is 14.5. The number of hydrogen-bond donors (Lipinski definition) is 7. The number of ether oxygens (including phenoxy) is 5. The van der Waals surface area contributed by atoms with E-state index in [9.17, 15) is 24.0 Å². The SMILES string of the molecule is CCCCCCOc1cc(OCCCCCNC(=O)OC(C)(C)C)c(C(=O)NCCN(C)C)cc1C(=O)NCCN(C)C.CN(C)CCNC(=O)c1cc(C(=O)NCCN(C)C)c(OCCCCCN)cc1OCCCCCN. The highest BCUT2D eigenvalue weighted by atomic mass is 16.6. The van der Waals surface area contributed by atoms with Crippen LogP contribution in [-0.4, -0.2) is 210 Å². The van der Waals surface area contributed by atoms with Crippen LogP contribution < -0.4 is 57.0 Å². The number of carbonyl (C=O) groups is 5. The number of unbranched alkanes of at least 4 members (excludes halogenated alkanes) is 9. The van der Waals surface area contributed by atoms with Crippen molar-refractivity contribution in [1.82, 2.24) is 46.2 Å². The lowest BCUT2D eigenvalue weighted by molar-refractivity contribution is 0.0526. The summed E-state index contributed by atoms with van der Waals surface area (Å²) >= 11 is 0. The molecule has 9 N–H and O–H groups in total. The van der Waals surface area contributed by atoms with Crippen molar-refractivity contribution in [2.75, 3.05) is 155 Å². The van der Waals surface area contributed by atoms with E-state index in [0.717, 1.165) is 83.5 Å². The number of nitrogens with two attached hydrogens (primary N) is 2. The number of hydrogen-bond acceptors (Lipinski definition) is 16. The molecule has 0 unspecified atom stereocenters. The molecule has 0 bridgehead atoms. The molecule has 0 fully saturated rings. The van der Waals surface area contributed by atoms with E-state index in [2.05, 4.69) is 33.5 Å². The maximum atomic E-state index is 13.3. The molecule has 0 atom stereocenters. The second-order valence-electron chi connectivity index (χ2n) is 21.6. The minimum Gasteiger partial charge on any atom is -0.493 e. The van der Waals surface area contributed by atoms with Crippen LogP contribution in [0.15, 0.2) is 24.3 Å². The van der Waals surface area contributed by atoms with Gasteiger partial charge in [-0.1, -0.05) is 26.2 Å². The minimum atomic E-state index is -0.533. The van der Waals surface area contributed by atoms with Gasteiger partial charge in [0.25, 0.3) is 23.6 Å². The van der Waals surface area contributed by atoms with Gasteiger partial charge in [0.2, 0.25) is 0 Å². The van der Waals surface area contributed by atoms with E-state index in [1.54, 1.807) is 24.3 Å². The van der Waals surface area contributed by atoms with Gasteiger partial charge in [-0.15, -0.1) is 0 Å². The first-order valence-corrected chi connectivity index (χ1v) is 28.6. The van der Waals surface area contributed by atoms with Crippen molar-refractivity contribution < 1.29 is 47.7 Å². The van der Waals surface area contributed by atoms with Crippen LogP contribution in [0, 0.1) is 0 Å². The molecule has 2 aromatic carbocycles. The molecule has 0 radical (unpaired) electrons. The summed E-state index contributed by atoms with van der Waals surface area (Å²) in [6.45, 7) is 15.8. The average Bonchev–Trinajstić information content (AvgIpc) is 3.37. The molecule has 0 aliphatic carbocycles. The molecule has 21 nitrogen and oxygen atoms in total. The zero-order chi connectivity index (χ0) is 59.0. The van der Waals surface area contributed by atoms with Crippen molar-refractivity contribution in [3.05, 3.63) is 46.5 Å². The van der Waals surface area contributed by atoms with Crippen LogP contribution in [0.25, 0.3) is 0 Å². The monoisotopic (exact) mass is 1120 g/mol. The first-order chi connectivity index (χ1) is 37.6. The molecule has 0 saturated heterocycles. The number of carbonyl (C=O) groups excluding carboxylic acids is 5. The topological polar surface area (TPSA) is 257 Å². The Hall–Kier alpha value is -5.45. The highest BCUT2D eigenvalue weighted by Crippen LogP contribution is 2.32. The van der Waals surface area contributed by atoms with Gasteiger partial charge in [-0.25, -0.2) is 4.79 Å². The molecule has 0 aliphatic heterocycles. The Kier molecular flexibility index (Phi) is 38.4. The second kappa shape index (κ2) is 42.4. The van der Waals surface area contributed by atoms with Gasteiger partial charge in [-0.05, 0) is 167 Å². The molecule has 452 valence electrons. The number of nitrogens with zero attached hydrogens (tertiary/aromatic N) is 4. The Bertz CT molecular complexity index is 1970. The number of rotatable bonds is 41. The Labute approximate surface area is 474 Å². The van der Waals surface area contributed by atoms with E-state index < -0.39 is 11.7 Å². The van der Waals surface area contributed by atoms with E-state index in [4.69, 9.17) is 35.2 Å². The van der Waals surface area contributed by atoms with E-state index in [1.165, 1.54) is 0 Å². The zero-order valence-corrected chi connectivity index (χ0v) is 50.6. The van der Waals surface area contributed by atoms with Crippen LogP contribution in [0.1, 0.15) is 153 Å². The van der Waals surface area contributed by atoms with Gasteiger partial charge in [0.1, 0.15) is 28.6 Å². The van der Waals surface area contributed by atoms with Crippen LogP contribution in [0.5, 0.6) is 23.0 Å². The minimum absolute atomic E-state index is 0.286. The Morgan fingerprint density at radius 3 is 0.962 bits per heavy atom. The maximum Gasteiger partial charge on any atom is 0.407 e. The summed E-state index contributed by atoms with van der Waals surface area (Å²) < 4.78 is 29.5. The van der Waals surface area contributed by atoms with Gasteiger partial charge in [-0.3, -0.25) is 19.2 Å². The van der Waals surface area contributed by atoms with Crippen molar-refractivity contribution >= 4 is 29.7 Å². The molecule has 2 aromatic rings. The van der Waals surface area contributed by atoms with Crippen molar-refractivity contribution in [2.24, 2.45) is 11.5 Å². The summed E-state index contributed by atoms with van der Waals surface area (Å²) in [5.41, 5.74) is 11.9. The van der Waals surface area contributed by atoms with Crippen LogP contribution in [0.3, 0.4) is 0 Å². The van der Waals surface area contributed by atoms with Gasteiger partial charge in [-0.2, -0.15) is 0 Å². The molecule has 0 aliphatic rings. The van der Waals surface area contributed by atoms with Gasteiger partial charge < -0.3 is 81.3 Å². The number of benzene rings is 2. The summed E-state index contributed by atoms with van der Waals surface area (Å²) in [6, 6.07) is 6.51. The first kappa shape index (κ1) is 71.6. The molecule has 0 aromatic heterocycles. The molecule has 0 heterocycles. The molecule has 2 rings (SSSR count). The van der Waals surface area contributed by atoms with Crippen LogP contribution >= 0.6 is 0 Å². The largest absolute Gasteiger partial charge is 0.493 e. The lowest BCUT2D eigenvalue weighted by Gasteiger charge is -2.19. The standard InChI is InChI=1S/C32H57N5O6.C26H48N6O4/c1-9-10-11-14-21-41-27-24-28(42-22-15-12-13-16-35-31(40)43-32(2,3)4)26(30(39)34-18-20-37(7)8)23-25(27)29(38)33-17-19-36(5)6;1-31(2)15-13-29-25(33)21-19-22(26(34)30-14-16-32(3)4)24(36-18-10-6-8-12-28)20-23(21)35-17-9-5-7-11-27/h23-24H,9-22H2,1-8H3,(H,33,38)(H,34,39)(H,35,40);19-20H,5-18,27-28H2,1-4H3,(H,29,33)(H,30,34). The summed E-state index contributed by atoms with van der Waals surface area (Å²) in [5.74, 6) is 0.421. The number of nitrogens with one attached hydrogen (secondary N) is 5.